The van der Waals surface area contributed by atoms with Gasteiger partial charge in [0.1, 0.15) is 6.29 Å². The first kappa shape index (κ1) is 14.7. The van der Waals surface area contributed by atoms with Gasteiger partial charge in [-0.2, -0.15) is 0 Å². The molecule has 0 aliphatic carbocycles. The first-order valence-electron chi connectivity index (χ1n) is 6.77. The van der Waals surface area contributed by atoms with E-state index in [2.05, 4.69) is 30.6 Å². The summed E-state index contributed by atoms with van der Waals surface area (Å²) in [5.74, 6) is 0. The number of anilines is 1. The van der Waals surface area contributed by atoms with E-state index in [4.69, 9.17) is 0 Å². The third-order valence-corrected chi connectivity index (χ3v) is 3.36. The van der Waals surface area contributed by atoms with Crippen LogP contribution in [0.5, 0.6) is 0 Å². The summed E-state index contributed by atoms with van der Waals surface area (Å²) in [5.41, 5.74) is 1.92. The maximum atomic E-state index is 10.6. The number of likely N-dealkylation sites (N-methyl/N-ethyl adjacent to an activating group) is 2. The summed E-state index contributed by atoms with van der Waals surface area (Å²) in [4.78, 5) is 15.4. The van der Waals surface area contributed by atoms with E-state index in [1.165, 1.54) is 5.69 Å². The summed E-state index contributed by atoms with van der Waals surface area (Å²) >= 11 is 0. The van der Waals surface area contributed by atoms with E-state index in [9.17, 15) is 4.79 Å². The summed E-state index contributed by atoms with van der Waals surface area (Å²) in [6.45, 7) is 11.8. The standard InChI is InChI=1S/C15H24N2O/c1-4-16(5-2)11-12-17(6-3)15-9-7-14(13-18)8-10-15/h7-10,13H,4-6,11-12H2,1-3H3. The number of carbonyl (C=O) groups is 1. The topological polar surface area (TPSA) is 23.6 Å². The van der Waals surface area contributed by atoms with Crippen molar-refractivity contribution in [2.24, 2.45) is 0 Å². The molecule has 0 atom stereocenters. The molecule has 1 aromatic rings. The number of benzene rings is 1. The molecule has 3 nitrogen and oxygen atoms in total. The Morgan fingerprint density at radius 2 is 1.56 bits per heavy atom. The van der Waals surface area contributed by atoms with Crippen molar-refractivity contribution in [2.75, 3.05) is 37.6 Å². The van der Waals surface area contributed by atoms with E-state index in [1.807, 2.05) is 24.3 Å². The summed E-state index contributed by atoms with van der Waals surface area (Å²) in [6, 6.07) is 7.80. The summed E-state index contributed by atoms with van der Waals surface area (Å²) in [6.07, 6.45) is 0.885. The molecule has 0 unspecified atom stereocenters. The minimum absolute atomic E-state index is 0.735. The Morgan fingerprint density at radius 3 is 2.00 bits per heavy atom. The van der Waals surface area contributed by atoms with Gasteiger partial charge in [0.2, 0.25) is 0 Å². The summed E-state index contributed by atoms with van der Waals surface area (Å²) in [5, 5.41) is 0. The molecule has 0 saturated carbocycles. The molecule has 18 heavy (non-hydrogen) atoms. The molecule has 0 aliphatic rings. The van der Waals surface area contributed by atoms with E-state index in [0.717, 1.165) is 44.6 Å². The first-order chi connectivity index (χ1) is 8.74. The smallest absolute Gasteiger partial charge is 0.150 e. The van der Waals surface area contributed by atoms with E-state index in [1.54, 1.807) is 0 Å². The van der Waals surface area contributed by atoms with Crippen LogP contribution in [0.2, 0.25) is 0 Å². The summed E-state index contributed by atoms with van der Waals surface area (Å²) < 4.78 is 0. The molecule has 0 bridgehead atoms. The average Bonchev–Trinajstić information content (AvgIpc) is 2.44. The third kappa shape index (κ3) is 4.15. The molecule has 0 aromatic heterocycles. The average molecular weight is 248 g/mol. The number of carbonyl (C=O) groups excluding carboxylic acids is 1. The Bertz CT molecular complexity index is 344. The fraction of sp³-hybridized carbons (Fsp3) is 0.533. The normalized spacial score (nSPS) is 10.7. The maximum Gasteiger partial charge on any atom is 0.150 e. The van der Waals surface area contributed by atoms with Crippen molar-refractivity contribution in [3.05, 3.63) is 29.8 Å². The molecule has 0 N–H and O–H groups in total. The van der Waals surface area contributed by atoms with Gasteiger partial charge in [-0.05, 0) is 44.3 Å². The molecule has 0 aliphatic heterocycles. The van der Waals surface area contributed by atoms with E-state index < -0.39 is 0 Å². The predicted molar refractivity (Wildman–Crippen MR) is 77.5 cm³/mol. The van der Waals surface area contributed by atoms with Gasteiger partial charge in [-0.1, -0.05) is 13.8 Å². The van der Waals surface area contributed by atoms with Crippen LogP contribution in [0.1, 0.15) is 31.1 Å². The van der Waals surface area contributed by atoms with Gasteiger partial charge in [-0.25, -0.2) is 0 Å². The van der Waals surface area contributed by atoms with Gasteiger partial charge in [0.15, 0.2) is 0 Å². The third-order valence-electron chi connectivity index (χ3n) is 3.36. The van der Waals surface area contributed by atoms with Gasteiger partial charge in [0.25, 0.3) is 0 Å². The molecule has 0 amide bonds. The second kappa shape index (κ2) is 7.88. The Hall–Kier alpha value is -1.35. The Morgan fingerprint density at radius 1 is 0.944 bits per heavy atom. The molecule has 3 heteroatoms. The lowest BCUT2D eigenvalue weighted by Crippen LogP contribution is -2.35. The van der Waals surface area contributed by atoms with Crippen molar-refractivity contribution in [3.8, 4) is 0 Å². The minimum atomic E-state index is 0.735. The van der Waals surface area contributed by atoms with E-state index in [0.29, 0.717) is 0 Å². The first-order valence-corrected chi connectivity index (χ1v) is 6.77. The number of aldehydes is 1. The molecular weight excluding hydrogens is 224 g/mol. The Balaban J connectivity index is 2.61. The van der Waals surface area contributed by atoms with Gasteiger partial charge in [0, 0.05) is 30.9 Å². The number of hydrogen-bond donors (Lipinski definition) is 0. The van der Waals surface area contributed by atoms with Crippen LogP contribution in [-0.2, 0) is 0 Å². The zero-order valence-corrected chi connectivity index (χ0v) is 11.7. The molecule has 0 fully saturated rings. The van der Waals surface area contributed by atoms with Crippen LogP contribution in [-0.4, -0.2) is 43.9 Å². The van der Waals surface area contributed by atoms with Gasteiger partial charge in [-0.3, -0.25) is 4.79 Å². The van der Waals surface area contributed by atoms with E-state index >= 15 is 0 Å². The molecule has 0 heterocycles. The van der Waals surface area contributed by atoms with Crippen LogP contribution in [0.25, 0.3) is 0 Å². The van der Waals surface area contributed by atoms with Crippen LogP contribution in [0.15, 0.2) is 24.3 Å². The minimum Gasteiger partial charge on any atom is -0.371 e. The second-order valence-electron chi connectivity index (χ2n) is 4.32. The van der Waals surface area contributed by atoms with Crippen molar-refractivity contribution in [2.45, 2.75) is 20.8 Å². The van der Waals surface area contributed by atoms with Crippen molar-refractivity contribution < 1.29 is 4.79 Å². The number of hydrogen-bond acceptors (Lipinski definition) is 3. The van der Waals surface area contributed by atoms with Gasteiger partial charge in [0.05, 0.1) is 0 Å². The van der Waals surface area contributed by atoms with Crippen LogP contribution in [0.3, 0.4) is 0 Å². The highest BCUT2D eigenvalue weighted by Crippen LogP contribution is 2.14. The second-order valence-corrected chi connectivity index (χ2v) is 4.32. The van der Waals surface area contributed by atoms with Crippen molar-refractivity contribution in [1.29, 1.82) is 0 Å². The van der Waals surface area contributed by atoms with Crippen LogP contribution >= 0.6 is 0 Å². The van der Waals surface area contributed by atoms with Gasteiger partial charge < -0.3 is 9.80 Å². The van der Waals surface area contributed by atoms with Crippen LogP contribution in [0, 0.1) is 0 Å². The monoisotopic (exact) mass is 248 g/mol. The largest absolute Gasteiger partial charge is 0.371 e. The molecule has 0 spiro atoms. The number of nitrogens with zero attached hydrogens (tertiary/aromatic N) is 2. The van der Waals surface area contributed by atoms with Gasteiger partial charge in [-0.15, -0.1) is 0 Å². The van der Waals surface area contributed by atoms with Gasteiger partial charge >= 0.3 is 0 Å². The Labute approximate surface area is 110 Å². The van der Waals surface area contributed by atoms with E-state index in [-0.39, 0.29) is 0 Å². The highest BCUT2D eigenvalue weighted by molar-refractivity contribution is 5.75. The molecule has 1 aromatic carbocycles. The predicted octanol–water partition coefficient (Wildman–Crippen LogP) is 2.67. The van der Waals surface area contributed by atoms with Crippen LogP contribution < -0.4 is 4.90 Å². The molecular formula is C15H24N2O. The summed E-state index contributed by atoms with van der Waals surface area (Å²) in [7, 11) is 0. The quantitative estimate of drug-likeness (QED) is 0.661. The van der Waals surface area contributed by atoms with Crippen molar-refractivity contribution >= 4 is 12.0 Å². The zero-order chi connectivity index (χ0) is 13.4. The maximum absolute atomic E-state index is 10.6. The highest BCUT2D eigenvalue weighted by Gasteiger charge is 2.06. The lowest BCUT2D eigenvalue weighted by atomic mass is 10.2. The fourth-order valence-corrected chi connectivity index (χ4v) is 2.04. The SMILES string of the molecule is CCN(CC)CCN(CC)c1ccc(C=O)cc1. The van der Waals surface area contributed by atoms with Crippen molar-refractivity contribution in [1.82, 2.24) is 4.90 Å². The van der Waals surface area contributed by atoms with Crippen molar-refractivity contribution in [3.63, 3.8) is 0 Å². The van der Waals surface area contributed by atoms with Crippen LogP contribution in [0.4, 0.5) is 5.69 Å². The highest BCUT2D eigenvalue weighted by atomic mass is 16.1. The molecule has 1 rings (SSSR count). The lowest BCUT2D eigenvalue weighted by Gasteiger charge is -2.27. The molecule has 0 radical (unpaired) electrons. The molecule has 100 valence electrons. The number of rotatable bonds is 8. The Kier molecular flexibility index (Phi) is 6.44. The fourth-order valence-electron chi connectivity index (χ4n) is 2.04. The lowest BCUT2D eigenvalue weighted by molar-refractivity contribution is 0.112. The molecule has 0 saturated heterocycles. The zero-order valence-electron chi connectivity index (χ0n) is 11.7.